The highest BCUT2D eigenvalue weighted by molar-refractivity contribution is 6.09. The molecular formula is C13H12N2O2. The summed E-state index contributed by atoms with van der Waals surface area (Å²) in [7, 11) is 1.54. The Bertz CT molecular complexity index is 538. The SMILES string of the molecule is COc1cc(N)cc(C(=O)c2ccncc2)c1. The van der Waals surface area contributed by atoms with E-state index in [1.807, 2.05) is 0 Å². The molecule has 0 amide bonds. The minimum absolute atomic E-state index is 0.0991. The fraction of sp³-hybridized carbons (Fsp3) is 0.0769. The Morgan fingerprint density at radius 3 is 2.53 bits per heavy atom. The normalized spacial score (nSPS) is 9.94. The highest BCUT2D eigenvalue weighted by atomic mass is 16.5. The van der Waals surface area contributed by atoms with E-state index < -0.39 is 0 Å². The molecule has 0 saturated carbocycles. The van der Waals surface area contributed by atoms with Crippen LogP contribution < -0.4 is 10.5 Å². The zero-order chi connectivity index (χ0) is 12.3. The number of hydrogen-bond acceptors (Lipinski definition) is 4. The van der Waals surface area contributed by atoms with E-state index in [0.29, 0.717) is 22.6 Å². The van der Waals surface area contributed by atoms with E-state index in [2.05, 4.69) is 4.98 Å². The first-order chi connectivity index (χ1) is 8.20. The van der Waals surface area contributed by atoms with Crippen LogP contribution in [0, 0.1) is 0 Å². The number of nitrogens with two attached hydrogens (primary N) is 1. The molecule has 86 valence electrons. The van der Waals surface area contributed by atoms with Gasteiger partial charge < -0.3 is 10.5 Å². The van der Waals surface area contributed by atoms with Crippen molar-refractivity contribution in [3.8, 4) is 5.75 Å². The number of benzene rings is 1. The van der Waals surface area contributed by atoms with Gasteiger partial charge in [-0.15, -0.1) is 0 Å². The van der Waals surface area contributed by atoms with Crippen molar-refractivity contribution in [1.29, 1.82) is 0 Å². The molecule has 0 saturated heterocycles. The quantitative estimate of drug-likeness (QED) is 0.643. The molecule has 0 bridgehead atoms. The number of carbonyl (C=O) groups excluding carboxylic acids is 1. The predicted molar refractivity (Wildman–Crippen MR) is 65.1 cm³/mol. The Kier molecular flexibility index (Phi) is 3.05. The number of rotatable bonds is 3. The van der Waals surface area contributed by atoms with Gasteiger partial charge in [-0.05, 0) is 24.3 Å². The number of ketones is 1. The number of carbonyl (C=O) groups is 1. The maximum absolute atomic E-state index is 12.1. The molecule has 1 aromatic carbocycles. The maximum atomic E-state index is 12.1. The van der Waals surface area contributed by atoms with Crippen LogP contribution in [0.3, 0.4) is 0 Å². The highest BCUT2D eigenvalue weighted by Crippen LogP contribution is 2.20. The van der Waals surface area contributed by atoms with E-state index in [1.165, 1.54) is 7.11 Å². The van der Waals surface area contributed by atoms with Crippen LogP contribution in [0.15, 0.2) is 42.7 Å². The van der Waals surface area contributed by atoms with Crippen LogP contribution in [-0.4, -0.2) is 17.9 Å². The van der Waals surface area contributed by atoms with E-state index in [1.54, 1.807) is 42.7 Å². The third-order valence-electron chi connectivity index (χ3n) is 2.37. The van der Waals surface area contributed by atoms with Crippen molar-refractivity contribution in [1.82, 2.24) is 4.98 Å². The molecule has 4 nitrogen and oxygen atoms in total. The zero-order valence-corrected chi connectivity index (χ0v) is 9.38. The molecule has 1 heterocycles. The van der Waals surface area contributed by atoms with Crippen molar-refractivity contribution < 1.29 is 9.53 Å². The van der Waals surface area contributed by atoms with Crippen LogP contribution >= 0.6 is 0 Å². The van der Waals surface area contributed by atoms with Gasteiger partial charge in [0.15, 0.2) is 5.78 Å². The second kappa shape index (κ2) is 4.65. The van der Waals surface area contributed by atoms with E-state index in [9.17, 15) is 4.79 Å². The average molecular weight is 228 g/mol. The third kappa shape index (κ3) is 2.42. The summed E-state index contributed by atoms with van der Waals surface area (Å²) >= 11 is 0. The minimum atomic E-state index is -0.0991. The van der Waals surface area contributed by atoms with Gasteiger partial charge in [0.25, 0.3) is 0 Å². The molecule has 2 N–H and O–H groups in total. The van der Waals surface area contributed by atoms with E-state index >= 15 is 0 Å². The van der Waals surface area contributed by atoms with Gasteiger partial charge >= 0.3 is 0 Å². The van der Waals surface area contributed by atoms with E-state index in [-0.39, 0.29) is 5.78 Å². The fourth-order valence-electron chi connectivity index (χ4n) is 1.54. The Hall–Kier alpha value is -2.36. The van der Waals surface area contributed by atoms with Gasteiger partial charge in [-0.25, -0.2) is 0 Å². The van der Waals surface area contributed by atoms with Gasteiger partial charge in [0.05, 0.1) is 7.11 Å². The molecule has 17 heavy (non-hydrogen) atoms. The largest absolute Gasteiger partial charge is 0.497 e. The number of aromatic nitrogens is 1. The average Bonchev–Trinajstić information content (AvgIpc) is 2.38. The van der Waals surface area contributed by atoms with Crippen molar-refractivity contribution in [3.63, 3.8) is 0 Å². The Balaban J connectivity index is 2.41. The van der Waals surface area contributed by atoms with Crippen molar-refractivity contribution >= 4 is 11.5 Å². The first-order valence-corrected chi connectivity index (χ1v) is 5.10. The predicted octanol–water partition coefficient (Wildman–Crippen LogP) is 1.90. The van der Waals surface area contributed by atoms with Gasteiger partial charge in [-0.2, -0.15) is 0 Å². The number of nitrogen functional groups attached to an aromatic ring is 1. The van der Waals surface area contributed by atoms with Crippen LogP contribution in [0.25, 0.3) is 0 Å². The van der Waals surface area contributed by atoms with Crippen LogP contribution in [-0.2, 0) is 0 Å². The van der Waals surface area contributed by atoms with Crippen LogP contribution in [0.1, 0.15) is 15.9 Å². The van der Waals surface area contributed by atoms with Crippen LogP contribution in [0.4, 0.5) is 5.69 Å². The number of hydrogen-bond donors (Lipinski definition) is 1. The lowest BCUT2D eigenvalue weighted by Crippen LogP contribution is -2.03. The van der Waals surface area contributed by atoms with Gasteiger partial charge in [0.2, 0.25) is 0 Å². The van der Waals surface area contributed by atoms with E-state index in [4.69, 9.17) is 10.5 Å². The standard InChI is InChI=1S/C13H12N2O2/c1-17-12-7-10(6-11(14)8-12)13(16)9-2-4-15-5-3-9/h2-8H,14H2,1H3. The molecule has 0 aliphatic carbocycles. The topological polar surface area (TPSA) is 65.2 Å². The fourth-order valence-corrected chi connectivity index (χ4v) is 1.54. The molecule has 0 aliphatic rings. The Morgan fingerprint density at radius 1 is 1.18 bits per heavy atom. The molecule has 0 radical (unpaired) electrons. The van der Waals surface area contributed by atoms with Gasteiger partial charge in [0.1, 0.15) is 5.75 Å². The summed E-state index contributed by atoms with van der Waals surface area (Å²) in [4.78, 5) is 16.0. The van der Waals surface area contributed by atoms with Gasteiger partial charge in [-0.1, -0.05) is 0 Å². The smallest absolute Gasteiger partial charge is 0.193 e. The first-order valence-electron chi connectivity index (χ1n) is 5.10. The second-order valence-electron chi connectivity index (χ2n) is 3.56. The lowest BCUT2D eigenvalue weighted by molar-refractivity contribution is 0.103. The zero-order valence-electron chi connectivity index (χ0n) is 9.38. The molecular weight excluding hydrogens is 216 g/mol. The third-order valence-corrected chi connectivity index (χ3v) is 2.37. The Labute approximate surface area is 99.1 Å². The van der Waals surface area contributed by atoms with Crippen molar-refractivity contribution in [3.05, 3.63) is 53.9 Å². The molecule has 0 fully saturated rings. The van der Waals surface area contributed by atoms with E-state index in [0.717, 1.165) is 0 Å². The molecule has 2 aromatic rings. The van der Waals surface area contributed by atoms with Crippen molar-refractivity contribution in [2.24, 2.45) is 0 Å². The van der Waals surface area contributed by atoms with Crippen LogP contribution in [0.2, 0.25) is 0 Å². The molecule has 0 aliphatic heterocycles. The molecule has 2 rings (SSSR count). The second-order valence-corrected chi connectivity index (χ2v) is 3.56. The lowest BCUT2D eigenvalue weighted by atomic mass is 10.0. The molecule has 0 unspecified atom stereocenters. The summed E-state index contributed by atoms with van der Waals surface area (Å²) in [6.07, 6.45) is 3.16. The molecule has 0 atom stereocenters. The first kappa shape index (κ1) is 11.1. The summed E-state index contributed by atoms with van der Waals surface area (Å²) in [5, 5.41) is 0. The monoisotopic (exact) mass is 228 g/mol. The van der Waals surface area contributed by atoms with Crippen molar-refractivity contribution in [2.75, 3.05) is 12.8 Å². The summed E-state index contributed by atoms with van der Waals surface area (Å²) in [5.41, 5.74) is 7.29. The highest BCUT2D eigenvalue weighted by Gasteiger charge is 2.10. The summed E-state index contributed by atoms with van der Waals surface area (Å²) in [6, 6.07) is 8.30. The molecule has 1 aromatic heterocycles. The maximum Gasteiger partial charge on any atom is 0.193 e. The number of ether oxygens (including phenoxy) is 1. The molecule has 4 heteroatoms. The number of nitrogens with zero attached hydrogens (tertiary/aromatic N) is 1. The Morgan fingerprint density at radius 2 is 1.88 bits per heavy atom. The number of anilines is 1. The van der Waals surface area contributed by atoms with Crippen LogP contribution in [0.5, 0.6) is 5.75 Å². The van der Waals surface area contributed by atoms with Gasteiger partial charge in [0, 0.05) is 35.3 Å². The van der Waals surface area contributed by atoms with Gasteiger partial charge in [-0.3, -0.25) is 9.78 Å². The summed E-state index contributed by atoms with van der Waals surface area (Å²) in [5.74, 6) is 0.473. The minimum Gasteiger partial charge on any atom is -0.497 e. The summed E-state index contributed by atoms with van der Waals surface area (Å²) < 4.78 is 5.08. The lowest BCUT2D eigenvalue weighted by Gasteiger charge is -2.05. The number of pyridine rings is 1. The summed E-state index contributed by atoms with van der Waals surface area (Å²) in [6.45, 7) is 0. The number of methoxy groups -OCH3 is 1. The van der Waals surface area contributed by atoms with Crippen molar-refractivity contribution in [2.45, 2.75) is 0 Å². The molecule has 0 spiro atoms.